The van der Waals surface area contributed by atoms with Crippen LogP contribution in [0.1, 0.15) is 142 Å². The molecule has 1 rings (SSSR count). The van der Waals surface area contributed by atoms with Crippen LogP contribution in [0.3, 0.4) is 0 Å². The van der Waals surface area contributed by atoms with Crippen molar-refractivity contribution in [2.24, 2.45) is 45.9 Å². The predicted molar refractivity (Wildman–Crippen MR) is 194 cm³/mol. The van der Waals surface area contributed by atoms with E-state index in [1.807, 2.05) is 0 Å². The van der Waals surface area contributed by atoms with E-state index >= 15 is 0 Å². The average molecular weight is 660 g/mol. The molecule has 0 aliphatic carbocycles. The van der Waals surface area contributed by atoms with Crippen molar-refractivity contribution in [1.29, 1.82) is 0 Å². The highest BCUT2D eigenvalue weighted by molar-refractivity contribution is 5.96. The maximum atomic E-state index is 10.6. The molecule has 13 nitrogen and oxygen atoms in total. The van der Waals surface area contributed by atoms with Gasteiger partial charge in [-0.15, -0.1) is 0 Å². The van der Waals surface area contributed by atoms with Gasteiger partial charge < -0.3 is 62.2 Å². The standard InChI is InChI=1S/C9H24N4.C9H8O4.C8H20N2.C7H18N2.H3N/c10-8(11)6-4-2-1-3-5-7-9(12)13;1-5-6(8(10)11)3-2-4-7(5)9(12)13;9-7-5-3-1-2-4-6-8-10;8-6-4-2-1-3-5-7-9;/h8-9H,1-7,10-13H2;2-4H,1H3,(H,10,11)(H,12,13);1-10H2;1-9H2;1H3. The molecule has 0 atom stereocenters. The molecule has 274 valence electrons. The summed E-state index contributed by atoms with van der Waals surface area (Å²) in [6.07, 6.45) is 21.3. The van der Waals surface area contributed by atoms with Crippen molar-refractivity contribution in [1.82, 2.24) is 6.15 Å². The Bertz CT molecular complexity index is 742. The van der Waals surface area contributed by atoms with Gasteiger partial charge in [0.2, 0.25) is 0 Å². The van der Waals surface area contributed by atoms with Crippen molar-refractivity contribution >= 4 is 11.9 Å². The first-order valence-electron chi connectivity index (χ1n) is 16.9. The summed E-state index contributed by atoms with van der Waals surface area (Å²) in [5.41, 5.74) is 43.3. The summed E-state index contributed by atoms with van der Waals surface area (Å²) in [5, 5.41) is 17.4. The van der Waals surface area contributed by atoms with E-state index in [-0.39, 0.29) is 35.2 Å². The summed E-state index contributed by atoms with van der Waals surface area (Å²) < 4.78 is 0. The summed E-state index contributed by atoms with van der Waals surface area (Å²) in [6.45, 7) is 4.84. The molecule has 1 aromatic carbocycles. The number of hydrogen-bond donors (Lipinski definition) is 11. The number of hydrogen-bond acceptors (Lipinski definition) is 11. The fourth-order valence-corrected chi connectivity index (χ4v) is 4.20. The maximum absolute atomic E-state index is 10.6. The van der Waals surface area contributed by atoms with E-state index in [0.29, 0.717) is 0 Å². The van der Waals surface area contributed by atoms with Crippen LogP contribution in [-0.2, 0) is 0 Å². The van der Waals surface area contributed by atoms with E-state index in [1.165, 1.54) is 115 Å². The van der Waals surface area contributed by atoms with Crippen molar-refractivity contribution in [3.8, 4) is 0 Å². The number of benzene rings is 1. The minimum Gasteiger partial charge on any atom is -0.478 e. The van der Waals surface area contributed by atoms with E-state index in [9.17, 15) is 9.59 Å². The Hall–Kier alpha value is -2.20. The molecule has 0 aromatic heterocycles. The molecule has 21 N–H and O–H groups in total. The molecule has 0 aliphatic rings. The van der Waals surface area contributed by atoms with Crippen LogP contribution in [0.4, 0.5) is 0 Å². The molecule has 0 amide bonds. The first kappa shape index (κ1) is 50.7. The Morgan fingerprint density at radius 3 is 0.978 bits per heavy atom. The fourth-order valence-electron chi connectivity index (χ4n) is 4.20. The largest absolute Gasteiger partial charge is 0.478 e. The van der Waals surface area contributed by atoms with Gasteiger partial charge in [-0.3, -0.25) is 0 Å². The number of carbonyl (C=O) groups is 2. The first-order valence-corrected chi connectivity index (χ1v) is 16.9. The second-order valence-corrected chi connectivity index (χ2v) is 11.3. The summed E-state index contributed by atoms with van der Waals surface area (Å²) in [5.74, 6) is -2.22. The predicted octanol–water partition coefficient (Wildman–Crippen LogP) is 3.86. The van der Waals surface area contributed by atoms with Crippen molar-refractivity contribution in [2.75, 3.05) is 26.2 Å². The molecule has 0 bridgehead atoms. The van der Waals surface area contributed by atoms with E-state index in [4.69, 9.17) is 56.1 Å². The molecule has 0 aliphatic heterocycles. The molecule has 0 unspecified atom stereocenters. The van der Waals surface area contributed by atoms with Crippen LogP contribution in [0.2, 0.25) is 0 Å². The fraction of sp³-hybridized carbons (Fsp3) is 0.758. The van der Waals surface area contributed by atoms with Gasteiger partial charge in [0.1, 0.15) is 0 Å². The summed E-state index contributed by atoms with van der Waals surface area (Å²) in [6, 6.07) is 4.17. The SMILES string of the molecule is Cc1c(C(=O)O)cccc1C(=O)O.N.NC(N)CCCCCCCC(N)N.NCCCCCCCCN.NCCCCCCCN. The normalized spacial score (nSPS) is 10.2. The number of aromatic carboxylic acids is 2. The first-order chi connectivity index (χ1) is 21.5. The smallest absolute Gasteiger partial charge is 0.335 e. The van der Waals surface area contributed by atoms with Gasteiger partial charge in [-0.1, -0.05) is 83.1 Å². The third kappa shape index (κ3) is 38.0. The molecule has 0 saturated carbocycles. The third-order valence-electron chi connectivity index (χ3n) is 6.94. The zero-order valence-corrected chi connectivity index (χ0v) is 29.0. The van der Waals surface area contributed by atoms with E-state index < -0.39 is 11.9 Å². The van der Waals surface area contributed by atoms with E-state index in [2.05, 4.69) is 0 Å². The van der Waals surface area contributed by atoms with Crippen molar-refractivity contribution in [3.63, 3.8) is 0 Å². The van der Waals surface area contributed by atoms with Crippen LogP contribution in [-0.4, -0.2) is 60.7 Å². The highest BCUT2D eigenvalue weighted by Gasteiger charge is 2.13. The van der Waals surface area contributed by atoms with Gasteiger partial charge in [-0.2, -0.15) is 0 Å². The molecule has 0 fully saturated rings. The van der Waals surface area contributed by atoms with Crippen molar-refractivity contribution in [3.05, 3.63) is 34.9 Å². The van der Waals surface area contributed by atoms with Gasteiger partial charge in [-0.05, 0) is 89.3 Å². The Morgan fingerprint density at radius 1 is 0.522 bits per heavy atom. The lowest BCUT2D eigenvalue weighted by atomic mass is 10.0. The summed E-state index contributed by atoms with van der Waals surface area (Å²) in [7, 11) is 0. The Balaban J connectivity index is -0.000000257. The molecular weight excluding hydrogens is 586 g/mol. The number of unbranched alkanes of at least 4 members (excludes halogenated alkanes) is 13. The number of carboxylic acid groups (broad SMARTS) is 2. The second-order valence-electron chi connectivity index (χ2n) is 11.3. The van der Waals surface area contributed by atoms with Crippen LogP contribution in [0.5, 0.6) is 0 Å². The quantitative estimate of drug-likeness (QED) is 0.0588. The number of carboxylic acids is 2. The maximum Gasteiger partial charge on any atom is 0.335 e. The molecule has 13 heteroatoms. The highest BCUT2D eigenvalue weighted by Crippen LogP contribution is 2.13. The minimum atomic E-state index is -1.11. The highest BCUT2D eigenvalue weighted by atomic mass is 16.4. The van der Waals surface area contributed by atoms with Gasteiger partial charge in [0.05, 0.1) is 23.5 Å². The lowest BCUT2D eigenvalue weighted by Crippen LogP contribution is -2.30. The number of nitrogens with two attached hydrogens (primary N) is 8. The van der Waals surface area contributed by atoms with E-state index in [0.717, 1.165) is 51.9 Å². The molecule has 46 heavy (non-hydrogen) atoms. The molecular formula is C33H73N9O4. The zero-order chi connectivity index (χ0) is 34.7. The zero-order valence-electron chi connectivity index (χ0n) is 29.0. The van der Waals surface area contributed by atoms with Gasteiger partial charge in [0.25, 0.3) is 0 Å². The summed E-state index contributed by atoms with van der Waals surface area (Å²) in [4.78, 5) is 21.2. The summed E-state index contributed by atoms with van der Waals surface area (Å²) >= 11 is 0. The van der Waals surface area contributed by atoms with Gasteiger partial charge in [0.15, 0.2) is 0 Å². The second kappa shape index (κ2) is 39.0. The average Bonchev–Trinajstić information content (AvgIpc) is 2.99. The van der Waals surface area contributed by atoms with Crippen molar-refractivity contribution < 1.29 is 19.8 Å². The monoisotopic (exact) mass is 660 g/mol. The van der Waals surface area contributed by atoms with Crippen LogP contribution in [0, 0.1) is 6.92 Å². The Kier molecular flexibility index (Phi) is 42.9. The van der Waals surface area contributed by atoms with Crippen molar-refractivity contribution in [2.45, 2.75) is 135 Å². The molecule has 0 radical (unpaired) electrons. The van der Waals surface area contributed by atoms with Crippen LogP contribution < -0.4 is 52.0 Å². The van der Waals surface area contributed by atoms with Crippen LogP contribution in [0.25, 0.3) is 0 Å². The minimum absolute atomic E-state index is 0. The Morgan fingerprint density at radius 2 is 0.761 bits per heavy atom. The van der Waals surface area contributed by atoms with E-state index in [1.54, 1.807) is 0 Å². The topological polar surface area (TPSA) is 318 Å². The van der Waals surface area contributed by atoms with Crippen LogP contribution in [0.15, 0.2) is 18.2 Å². The number of rotatable bonds is 23. The Labute approximate surface area is 279 Å². The third-order valence-corrected chi connectivity index (χ3v) is 6.94. The molecule has 1 aromatic rings. The van der Waals surface area contributed by atoms with Gasteiger partial charge in [0, 0.05) is 0 Å². The lowest BCUT2D eigenvalue weighted by Gasteiger charge is -2.06. The van der Waals surface area contributed by atoms with Crippen LogP contribution >= 0.6 is 0 Å². The molecule has 0 heterocycles. The lowest BCUT2D eigenvalue weighted by molar-refractivity contribution is 0.0696. The molecule has 0 spiro atoms. The molecule has 0 saturated heterocycles. The van der Waals surface area contributed by atoms with Gasteiger partial charge >= 0.3 is 11.9 Å². The van der Waals surface area contributed by atoms with Gasteiger partial charge in [-0.25, -0.2) is 9.59 Å².